The minimum Gasteiger partial charge on any atom is -0.497 e. The van der Waals surface area contributed by atoms with E-state index in [2.05, 4.69) is 0 Å². The van der Waals surface area contributed by atoms with Crippen LogP contribution in [0.25, 0.3) is 0 Å². The van der Waals surface area contributed by atoms with Crippen molar-refractivity contribution in [1.29, 1.82) is 0 Å². The molecule has 0 heterocycles. The summed E-state index contributed by atoms with van der Waals surface area (Å²) in [5.74, 6) is 0.789. The summed E-state index contributed by atoms with van der Waals surface area (Å²) in [5, 5.41) is 9.89. The molecule has 0 amide bonds. The summed E-state index contributed by atoms with van der Waals surface area (Å²) in [7, 11) is 1.56. The summed E-state index contributed by atoms with van der Waals surface area (Å²) in [6.45, 7) is -0.0197. The number of methoxy groups -OCH3 is 1. The number of hydrogen-bond acceptors (Lipinski definition) is 3. The Morgan fingerprint density at radius 3 is 2.58 bits per heavy atom. The molecule has 2 rings (SSSR count). The molecule has 0 aromatic heterocycles. The molecular weight excluding hydrogens is 247 g/mol. The van der Waals surface area contributed by atoms with Crippen LogP contribution in [0.1, 0.15) is 11.7 Å². The van der Waals surface area contributed by atoms with Crippen molar-refractivity contribution in [2.24, 2.45) is 0 Å². The minimum atomic E-state index is -1.01. The lowest BCUT2D eigenvalue weighted by Crippen LogP contribution is -2.11. The molecule has 0 aliphatic heterocycles. The van der Waals surface area contributed by atoms with Crippen molar-refractivity contribution in [2.45, 2.75) is 6.10 Å². The van der Waals surface area contributed by atoms with Gasteiger partial charge in [-0.2, -0.15) is 0 Å². The maximum atomic E-state index is 13.4. The molecule has 0 saturated carbocycles. The average molecular weight is 262 g/mol. The van der Waals surface area contributed by atoms with Gasteiger partial charge in [0.1, 0.15) is 30.0 Å². The maximum Gasteiger partial charge on any atom is 0.129 e. The summed E-state index contributed by atoms with van der Waals surface area (Å²) in [5.41, 5.74) is 0.227. The Bertz CT molecular complexity index is 542. The molecule has 19 heavy (non-hydrogen) atoms. The van der Waals surface area contributed by atoms with Gasteiger partial charge in [0.2, 0.25) is 0 Å². The molecule has 1 unspecified atom stereocenters. The van der Waals surface area contributed by atoms with Crippen molar-refractivity contribution < 1.29 is 19.0 Å². The van der Waals surface area contributed by atoms with E-state index in [4.69, 9.17) is 9.47 Å². The second kappa shape index (κ2) is 6.20. The fraction of sp³-hybridized carbons (Fsp3) is 0.200. The molecule has 2 aromatic carbocycles. The average Bonchev–Trinajstić information content (AvgIpc) is 2.45. The zero-order chi connectivity index (χ0) is 13.7. The first-order valence-corrected chi connectivity index (χ1v) is 5.90. The van der Waals surface area contributed by atoms with Gasteiger partial charge >= 0.3 is 0 Å². The zero-order valence-electron chi connectivity index (χ0n) is 10.5. The van der Waals surface area contributed by atoms with Gasteiger partial charge in [0.25, 0.3) is 0 Å². The number of halogens is 1. The monoisotopic (exact) mass is 262 g/mol. The molecule has 100 valence electrons. The smallest absolute Gasteiger partial charge is 0.129 e. The first-order chi connectivity index (χ1) is 9.20. The van der Waals surface area contributed by atoms with E-state index in [1.165, 1.54) is 12.1 Å². The summed E-state index contributed by atoms with van der Waals surface area (Å²) in [4.78, 5) is 0. The normalized spacial score (nSPS) is 11.9. The van der Waals surface area contributed by atoms with Gasteiger partial charge in [0, 0.05) is 11.6 Å². The second-order valence-electron chi connectivity index (χ2n) is 4.03. The summed E-state index contributed by atoms with van der Waals surface area (Å²) >= 11 is 0. The van der Waals surface area contributed by atoms with Crippen LogP contribution in [0.15, 0.2) is 48.5 Å². The van der Waals surface area contributed by atoms with E-state index in [9.17, 15) is 9.50 Å². The highest BCUT2D eigenvalue weighted by Crippen LogP contribution is 2.22. The lowest BCUT2D eigenvalue weighted by atomic mass is 10.1. The Balaban J connectivity index is 2.00. The van der Waals surface area contributed by atoms with E-state index in [0.29, 0.717) is 11.5 Å². The minimum absolute atomic E-state index is 0.0197. The molecule has 3 nitrogen and oxygen atoms in total. The predicted octanol–water partition coefficient (Wildman–Crippen LogP) is 2.95. The Morgan fingerprint density at radius 1 is 1.11 bits per heavy atom. The van der Waals surface area contributed by atoms with Gasteiger partial charge in [-0.3, -0.25) is 0 Å². The van der Waals surface area contributed by atoms with Crippen LogP contribution in [-0.2, 0) is 0 Å². The van der Waals surface area contributed by atoms with E-state index in [1.807, 2.05) is 0 Å². The Kier molecular flexibility index (Phi) is 4.36. The van der Waals surface area contributed by atoms with Crippen molar-refractivity contribution in [3.05, 3.63) is 59.9 Å². The van der Waals surface area contributed by atoms with Crippen LogP contribution in [-0.4, -0.2) is 18.8 Å². The number of rotatable bonds is 5. The molecular formula is C15H15FO3. The fourth-order valence-electron chi connectivity index (χ4n) is 1.70. The molecule has 0 bridgehead atoms. The van der Waals surface area contributed by atoms with E-state index in [-0.39, 0.29) is 12.2 Å². The van der Waals surface area contributed by atoms with E-state index in [1.54, 1.807) is 43.5 Å². The van der Waals surface area contributed by atoms with Crippen molar-refractivity contribution in [1.82, 2.24) is 0 Å². The third-order valence-electron chi connectivity index (χ3n) is 2.71. The Hall–Kier alpha value is -2.07. The molecule has 0 fully saturated rings. The SMILES string of the molecule is COc1cccc(OCC(O)c2ccccc2F)c1. The van der Waals surface area contributed by atoms with Crippen LogP contribution < -0.4 is 9.47 Å². The van der Waals surface area contributed by atoms with Gasteiger partial charge in [0.15, 0.2) is 0 Å². The van der Waals surface area contributed by atoms with Crippen LogP contribution in [0, 0.1) is 5.82 Å². The van der Waals surface area contributed by atoms with Crippen molar-refractivity contribution in [3.8, 4) is 11.5 Å². The lowest BCUT2D eigenvalue weighted by molar-refractivity contribution is 0.105. The highest BCUT2D eigenvalue weighted by Gasteiger charge is 2.12. The van der Waals surface area contributed by atoms with Crippen LogP contribution in [0.4, 0.5) is 4.39 Å². The largest absolute Gasteiger partial charge is 0.497 e. The molecule has 1 atom stereocenters. The number of benzene rings is 2. The third kappa shape index (κ3) is 3.45. The van der Waals surface area contributed by atoms with Gasteiger partial charge in [-0.15, -0.1) is 0 Å². The van der Waals surface area contributed by atoms with Crippen LogP contribution in [0.3, 0.4) is 0 Å². The highest BCUT2D eigenvalue weighted by atomic mass is 19.1. The van der Waals surface area contributed by atoms with Crippen LogP contribution in [0.5, 0.6) is 11.5 Å². The van der Waals surface area contributed by atoms with Crippen molar-refractivity contribution in [2.75, 3.05) is 13.7 Å². The molecule has 1 N–H and O–H groups in total. The number of aliphatic hydroxyl groups excluding tert-OH is 1. The molecule has 0 spiro atoms. The van der Waals surface area contributed by atoms with E-state index < -0.39 is 11.9 Å². The first-order valence-electron chi connectivity index (χ1n) is 5.90. The van der Waals surface area contributed by atoms with Crippen molar-refractivity contribution >= 4 is 0 Å². The maximum absolute atomic E-state index is 13.4. The Morgan fingerprint density at radius 2 is 1.84 bits per heavy atom. The second-order valence-corrected chi connectivity index (χ2v) is 4.03. The molecule has 0 aliphatic rings. The zero-order valence-corrected chi connectivity index (χ0v) is 10.5. The predicted molar refractivity (Wildman–Crippen MR) is 69.8 cm³/mol. The number of aliphatic hydroxyl groups is 1. The first kappa shape index (κ1) is 13.4. The highest BCUT2D eigenvalue weighted by molar-refractivity contribution is 5.33. The molecule has 0 saturated heterocycles. The van der Waals surface area contributed by atoms with E-state index in [0.717, 1.165) is 0 Å². The van der Waals surface area contributed by atoms with Crippen LogP contribution >= 0.6 is 0 Å². The van der Waals surface area contributed by atoms with Gasteiger partial charge < -0.3 is 14.6 Å². The van der Waals surface area contributed by atoms with Crippen molar-refractivity contribution in [3.63, 3.8) is 0 Å². The quantitative estimate of drug-likeness (QED) is 0.900. The molecule has 0 aliphatic carbocycles. The third-order valence-corrected chi connectivity index (χ3v) is 2.71. The van der Waals surface area contributed by atoms with Crippen LogP contribution in [0.2, 0.25) is 0 Å². The molecule has 2 aromatic rings. The summed E-state index contributed by atoms with van der Waals surface area (Å²) < 4.78 is 23.9. The number of hydrogen-bond donors (Lipinski definition) is 1. The van der Waals surface area contributed by atoms with Gasteiger partial charge in [-0.1, -0.05) is 24.3 Å². The van der Waals surface area contributed by atoms with Gasteiger partial charge in [-0.25, -0.2) is 4.39 Å². The molecule has 4 heteroatoms. The standard InChI is InChI=1S/C15H15FO3/c1-18-11-5-4-6-12(9-11)19-10-15(17)13-7-2-3-8-14(13)16/h2-9,15,17H,10H2,1H3. The van der Waals surface area contributed by atoms with E-state index >= 15 is 0 Å². The Labute approximate surface area is 111 Å². The van der Waals surface area contributed by atoms with Gasteiger partial charge in [-0.05, 0) is 18.2 Å². The summed E-state index contributed by atoms with van der Waals surface area (Å²) in [6, 6.07) is 13.1. The van der Waals surface area contributed by atoms with Gasteiger partial charge in [0.05, 0.1) is 7.11 Å². The lowest BCUT2D eigenvalue weighted by Gasteiger charge is -2.13. The number of ether oxygens (including phenoxy) is 2. The topological polar surface area (TPSA) is 38.7 Å². The molecule has 0 radical (unpaired) electrons. The fourth-order valence-corrected chi connectivity index (χ4v) is 1.70. The summed E-state index contributed by atoms with van der Waals surface area (Å²) in [6.07, 6.45) is -1.01.